The molecule has 0 saturated carbocycles. The van der Waals surface area contributed by atoms with Crippen molar-refractivity contribution in [2.75, 3.05) is 26.3 Å². The van der Waals surface area contributed by atoms with Gasteiger partial charge in [-0.25, -0.2) is 4.79 Å². The van der Waals surface area contributed by atoms with Gasteiger partial charge in [0.15, 0.2) is 0 Å². The van der Waals surface area contributed by atoms with Crippen LogP contribution in [0.25, 0.3) is 0 Å². The van der Waals surface area contributed by atoms with Gasteiger partial charge < -0.3 is 9.64 Å². The molecule has 0 aliphatic carbocycles. The molecule has 0 amide bonds. The third-order valence-corrected chi connectivity index (χ3v) is 2.00. The van der Waals surface area contributed by atoms with Crippen LogP contribution in [-0.4, -0.2) is 37.1 Å². The maximum Gasteiger partial charge on any atom is 0.145 e. The van der Waals surface area contributed by atoms with Gasteiger partial charge in [-0.15, -0.1) is 0 Å². The minimum Gasteiger partial charge on any atom is -0.378 e. The van der Waals surface area contributed by atoms with Crippen LogP contribution in [0.1, 0.15) is 12.8 Å². The van der Waals surface area contributed by atoms with Crippen molar-refractivity contribution in [2.45, 2.75) is 12.8 Å². The van der Waals surface area contributed by atoms with Gasteiger partial charge >= 0.3 is 0 Å². The Labute approximate surface area is 78.4 Å². The highest BCUT2D eigenvalue weighted by atomic mass is 16.5. The number of hydrogen-bond acceptors (Lipinski definition) is 3. The second-order valence-electron chi connectivity index (χ2n) is 2.82. The first-order valence-electron chi connectivity index (χ1n) is 4.34. The number of allylic oxidation sites excluding steroid dienone is 1. The monoisotopic (exact) mass is 178 g/mol. The second-order valence-corrected chi connectivity index (χ2v) is 2.82. The molecule has 0 aromatic heterocycles. The van der Waals surface area contributed by atoms with E-state index in [9.17, 15) is 4.79 Å². The number of hydrogen-bond donors (Lipinski definition) is 0. The SMILES string of the molecule is [C]#CCCC(=C=O)N1CCOCC1. The van der Waals surface area contributed by atoms with Crippen LogP contribution in [0, 0.1) is 12.3 Å². The van der Waals surface area contributed by atoms with E-state index in [1.165, 1.54) is 0 Å². The van der Waals surface area contributed by atoms with Crippen molar-refractivity contribution in [1.82, 2.24) is 4.90 Å². The predicted molar refractivity (Wildman–Crippen MR) is 48.0 cm³/mol. The smallest absolute Gasteiger partial charge is 0.145 e. The first kappa shape index (κ1) is 9.85. The van der Waals surface area contributed by atoms with Crippen LogP contribution in [0.4, 0.5) is 0 Å². The Morgan fingerprint density at radius 2 is 2.15 bits per heavy atom. The van der Waals surface area contributed by atoms with Crippen molar-refractivity contribution < 1.29 is 9.53 Å². The molecule has 0 spiro atoms. The Balaban J connectivity index is 2.46. The lowest BCUT2D eigenvalue weighted by atomic mass is 10.2. The second kappa shape index (κ2) is 5.42. The van der Waals surface area contributed by atoms with Gasteiger partial charge in [-0.1, -0.05) is 5.92 Å². The van der Waals surface area contributed by atoms with Crippen LogP contribution in [0.5, 0.6) is 0 Å². The molecule has 0 unspecified atom stereocenters. The zero-order chi connectivity index (χ0) is 9.52. The molecule has 1 aliphatic heterocycles. The highest BCUT2D eigenvalue weighted by Gasteiger charge is 2.13. The first-order chi connectivity index (χ1) is 6.38. The van der Waals surface area contributed by atoms with Gasteiger partial charge in [-0.3, -0.25) is 0 Å². The largest absolute Gasteiger partial charge is 0.378 e. The summed E-state index contributed by atoms with van der Waals surface area (Å²) in [6.07, 6.45) is 7.80. The molecule has 0 aromatic carbocycles. The van der Waals surface area contributed by atoms with Gasteiger partial charge in [0.2, 0.25) is 0 Å². The summed E-state index contributed by atoms with van der Waals surface area (Å²) in [5, 5.41) is 0. The molecule has 13 heavy (non-hydrogen) atoms. The lowest BCUT2D eigenvalue weighted by Crippen LogP contribution is -2.35. The molecule has 1 aliphatic rings. The Hall–Kier alpha value is -1.23. The fourth-order valence-corrected chi connectivity index (χ4v) is 1.29. The molecule has 0 bridgehead atoms. The van der Waals surface area contributed by atoms with Crippen molar-refractivity contribution in [2.24, 2.45) is 0 Å². The molecular weight excluding hydrogens is 166 g/mol. The van der Waals surface area contributed by atoms with Crippen molar-refractivity contribution >= 4 is 5.94 Å². The van der Waals surface area contributed by atoms with E-state index < -0.39 is 0 Å². The molecule has 3 heteroatoms. The van der Waals surface area contributed by atoms with Crippen LogP contribution in [0.15, 0.2) is 5.70 Å². The summed E-state index contributed by atoms with van der Waals surface area (Å²) in [6, 6.07) is 0. The van der Waals surface area contributed by atoms with Crippen LogP contribution in [0.3, 0.4) is 0 Å². The highest BCUT2D eigenvalue weighted by molar-refractivity contribution is 5.51. The van der Waals surface area contributed by atoms with Gasteiger partial charge in [0.25, 0.3) is 0 Å². The van der Waals surface area contributed by atoms with Crippen LogP contribution >= 0.6 is 0 Å². The zero-order valence-electron chi connectivity index (χ0n) is 7.51. The fourth-order valence-electron chi connectivity index (χ4n) is 1.29. The van der Waals surface area contributed by atoms with E-state index in [0.717, 1.165) is 13.1 Å². The summed E-state index contributed by atoms with van der Waals surface area (Å²) in [5.74, 6) is 4.18. The molecule has 1 fully saturated rings. The number of morpholine rings is 1. The lowest BCUT2D eigenvalue weighted by molar-refractivity contribution is 0.0528. The molecule has 1 saturated heterocycles. The third-order valence-electron chi connectivity index (χ3n) is 2.00. The van der Waals surface area contributed by atoms with Gasteiger partial charge in [-0.05, 0) is 6.42 Å². The maximum atomic E-state index is 10.6. The molecule has 1 radical (unpaired) electrons. The van der Waals surface area contributed by atoms with Crippen molar-refractivity contribution in [3.63, 3.8) is 0 Å². The van der Waals surface area contributed by atoms with Gasteiger partial charge in [0.1, 0.15) is 5.94 Å². The molecular formula is C10H12NO2. The molecule has 1 heterocycles. The van der Waals surface area contributed by atoms with Gasteiger partial charge in [0, 0.05) is 25.9 Å². The lowest BCUT2D eigenvalue weighted by Gasteiger charge is -2.28. The van der Waals surface area contributed by atoms with Crippen molar-refractivity contribution in [3.8, 4) is 5.92 Å². The minimum atomic E-state index is 0.488. The molecule has 3 nitrogen and oxygen atoms in total. The van der Waals surface area contributed by atoms with Crippen LogP contribution < -0.4 is 0 Å². The van der Waals surface area contributed by atoms with E-state index in [0.29, 0.717) is 31.8 Å². The van der Waals surface area contributed by atoms with Gasteiger partial charge in [-0.2, -0.15) is 0 Å². The van der Waals surface area contributed by atoms with Crippen LogP contribution in [0.2, 0.25) is 0 Å². The number of rotatable bonds is 3. The number of carbonyl (C=O) groups excluding carboxylic acids is 1. The molecule has 0 aromatic rings. The van der Waals surface area contributed by atoms with Crippen LogP contribution in [-0.2, 0) is 9.53 Å². The summed E-state index contributed by atoms with van der Waals surface area (Å²) in [6.45, 7) is 2.84. The Morgan fingerprint density at radius 3 is 2.69 bits per heavy atom. The molecule has 1 rings (SSSR count). The zero-order valence-corrected chi connectivity index (χ0v) is 7.51. The average Bonchev–Trinajstić information content (AvgIpc) is 2.21. The van der Waals surface area contributed by atoms with E-state index >= 15 is 0 Å². The fraction of sp³-hybridized carbons (Fsp3) is 0.600. The van der Waals surface area contributed by atoms with E-state index in [1.807, 2.05) is 10.8 Å². The Morgan fingerprint density at radius 1 is 1.46 bits per heavy atom. The number of ether oxygens (including phenoxy) is 1. The first-order valence-corrected chi connectivity index (χ1v) is 4.34. The summed E-state index contributed by atoms with van der Waals surface area (Å²) >= 11 is 0. The standard InChI is InChI=1S/C10H12NO2/c1-2-3-4-10(9-12)11-5-7-13-8-6-11/h3-8H2. The quantitative estimate of drug-likeness (QED) is 0.463. The van der Waals surface area contributed by atoms with Crippen molar-refractivity contribution in [1.29, 1.82) is 0 Å². The third kappa shape index (κ3) is 2.95. The normalized spacial score (nSPS) is 16.1. The molecule has 0 N–H and O–H groups in total. The number of nitrogens with zero attached hydrogens (tertiary/aromatic N) is 1. The van der Waals surface area contributed by atoms with E-state index in [-0.39, 0.29) is 0 Å². The van der Waals surface area contributed by atoms with Crippen molar-refractivity contribution in [3.05, 3.63) is 12.1 Å². The molecule has 0 atom stereocenters. The predicted octanol–water partition coefficient (Wildman–Crippen LogP) is 0.404. The van der Waals surface area contributed by atoms with E-state index in [2.05, 4.69) is 5.92 Å². The average molecular weight is 178 g/mol. The van der Waals surface area contributed by atoms with Gasteiger partial charge in [0.05, 0.1) is 18.9 Å². The summed E-state index contributed by atoms with van der Waals surface area (Å²) in [7, 11) is 0. The maximum absolute atomic E-state index is 10.6. The summed E-state index contributed by atoms with van der Waals surface area (Å²) in [4.78, 5) is 12.5. The Kier molecular flexibility index (Phi) is 4.11. The molecule has 69 valence electrons. The minimum absolute atomic E-state index is 0.488. The topological polar surface area (TPSA) is 29.5 Å². The van der Waals surface area contributed by atoms with E-state index in [1.54, 1.807) is 0 Å². The highest BCUT2D eigenvalue weighted by Crippen LogP contribution is 2.09. The Bertz CT molecular complexity index is 242. The summed E-state index contributed by atoms with van der Waals surface area (Å²) in [5.41, 5.74) is 0.642. The van der Waals surface area contributed by atoms with E-state index in [4.69, 9.17) is 11.2 Å². The summed E-state index contributed by atoms with van der Waals surface area (Å²) < 4.78 is 5.16.